The van der Waals surface area contributed by atoms with Crippen LogP contribution in [0.5, 0.6) is 0 Å². The van der Waals surface area contributed by atoms with Gasteiger partial charge in [-0.3, -0.25) is 9.59 Å². The molecule has 1 aromatic carbocycles. The van der Waals surface area contributed by atoms with Gasteiger partial charge in [0.05, 0.1) is 17.1 Å². The first-order chi connectivity index (χ1) is 12.9. The second kappa shape index (κ2) is 7.94. The number of likely N-dealkylation sites (tertiary alicyclic amines) is 1. The number of carbonyl (C=O) groups is 2. The summed E-state index contributed by atoms with van der Waals surface area (Å²) in [6.45, 7) is 10.4. The molecule has 0 aliphatic carbocycles. The SMILES string of the molecule is C=C(C)C(=O)NC(C)c1nc2ccccc2n1CC(=O)N1CCCCC1C. The third-order valence-electron chi connectivity index (χ3n) is 5.22. The molecular formula is C21H28N4O2. The van der Waals surface area contributed by atoms with Crippen molar-refractivity contribution in [3.8, 4) is 0 Å². The minimum Gasteiger partial charge on any atom is -0.343 e. The van der Waals surface area contributed by atoms with Crippen molar-refractivity contribution < 1.29 is 9.59 Å². The number of hydrogen-bond donors (Lipinski definition) is 1. The Bertz CT molecular complexity index is 870. The fourth-order valence-electron chi connectivity index (χ4n) is 3.67. The highest BCUT2D eigenvalue weighted by Gasteiger charge is 2.26. The van der Waals surface area contributed by atoms with Crippen molar-refractivity contribution in [3.63, 3.8) is 0 Å². The number of fused-ring (bicyclic) bond motifs is 1. The van der Waals surface area contributed by atoms with E-state index in [9.17, 15) is 9.59 Å². The van der Waals surface area contributed by atoms with Crippen LogP contribution in [0.4, 0.5) is 0 Å². The molecule has 6 heteroatoms. The molecule has 0 spiro atoms. The maximum absolute atomic E-state index is 13.0. The molecule has 2 amide bonds. The highest BCUT2D eigenvalue weighted by atomic mass is 16.2. The van der Waals surface area contributed by atoms with E-state index in [0.717, 1.165) is 30.4 Å². The van der Waals surface area contributed by atoms with Gasteiger partial charge in [0, 0.05) is 18.2 Å². The topological polar surface area (TPSA) is 67.2 Å². The van der Waals surface area contributed by atoms with E-state index in [-0.39, 0.29) is 30.4 Å². The van der Waals surface area contributed by atoms with Gasteiger partial charge < -0.3 is 14.8 Å². The molecule has 3 rings (SSSR count). The summed E-state index contributed by atoms with van der Waals surface area (Å²) in [6.07, 6.45) is 3.28. The molecule has 1 aromatic heterocycles. The summed E-state index contributed by atoms with van der Waals surface area (Å²) >= 11 is 0. The number of carbonyl (C=O) groups excluding carboxylic acids is 2. The van der Waals surface area contributed by atoms with Gasteiger partial charge in [-0.05, 0) is 52.2 Å². The van der Waals surface area contributed by atoms with E-state index in [1.807, 2.05) is 40.7 Å². The number of hydrogen-bond acceptors (Lipinski definition) is 3. The van der Waals surface area contributed by atoms with Gasteiger partial charge in [-0.15, -0.1) is 0 Å². The number of benzene rings is 1. The van der Waals surface area contributed by atoms with Crippen LogP contribution in [-0.2, 0) is 16.1 Å². The number of rotatable bonds is 5. The molecule has 2 atom stereocenters. The lowest BCUT2D eigenvalue weighted by atomic mass is 10.0. The third kappa shape index (κ3) is 4.04. The lowest BCUT2D eigenvalue weighted by Crippen LogP contribution is -2.44. The zero-order chi connectivity index (χ0) is 19.6. The average molecular weight is 368 g/mol. The molecule has 1 saturated heterocycles. The van der Waals surface area contributed by atoms with Crippen LogP contribution >= 0.6 is 0 Å². The van der Waals surface area contributed by atoms with Crippen LogP contribution in [0.15, 0.2) is 36.4 Å². The van der Waals surface area contributed by atoms with Gasteiger partial charge in [-0.1, -0.05) is 18.7 Å². The number of amides is 2. The molecular weight excluding hydrogens is 340 g/mol. The van der Waals surface area contributed by atoms with Gasteiger partial charge in [0.15, 0.2) is 0 Å². The minimum atomic E-state index is -0.326. The smallest absolute Gasteiger partial charge is 0.246 e. The summed E-state index contributed by atoms with van der Waals surface area (Å²) in [5.74, 6) is 0.575. The fraction of sp³-hybridized carbons (Fsp3) is 0.476. The second-order valence-corrected chi connectivity index (χ2v) is 7.45. The van der Waals surface area contributed by atoms with Crippen molar-refractivity contribution in [3.05, 3.63) is 42.2 Å². The molecule has 2 heterocycles. The quantitative estimate of drug-likeness (QED) is 0.824. The van der Waals surface area contributed by atoms with Crippen molar-refractivity contribution in [2.45, 2.75) is 58.7 Å². The molecule has 2 aromatic rings. The zero-order valence-electron chi connectivity index (χ0n) is 16.4. The van der Waals surface area contributed by atoms with E-state index in [1.165, 1.54) is 6.42 Å². The Morgan fingerprint density at radius 1 is 1.33 bits per heavy atom. The molecule has 0 bridgehead atoms. The Balaban J connectivity index is 1.91. The molecule has 27 heavy (non-hydrogen) atoms. The van der Waals surface area contributed by atoms with Crippen molar-refractivity contribution in [1.29, 1.82) is 0 Å². The van der Waals surface area contributed by atoms with Gasteiger partial charge in [0.25, 0.3) is 0 Å². The van der Waals surface area contributed by atoms with Crippen LogP contribution in [0.1, 0.15) is 51.9 Å². The van der Waals surface area contributed by atoms with Crippen LogP contribution in [0, 0.1) is 0 Å². The lowest BCUT2D eigenvalue weighted by molar-refractivity contribution is -0.135. The van der Waals surface area contributed by atoms with Gasteiger partial charge in [-0.2, -0.15) is 0 Å². The maximum Gasteiger partial charge on any atom is 0.246 e. The molecule has 1 aliphatic rings. The molecule has 0 saturated carbocycles. The number of nitrogens with zero attached hydrogens (tertiary/aromatic N) is 3. The van der Waals surface area contributed by atoms with Crippen LogP contribution in [0.3, 0.4) is 0 Å². The number of imidazole rings is 1. The van der Waals surface area contributed by atoms with E-state index < -0.39 is 0 Å². The predicted octanol–water partition coefficient (Wildman–Crippen LogP) is 3.19. The van der Waals surface area contributed by atoms with Crippen LogP contribution in [0.25, 0.3) is 11.0 Å². The van der Waals surface area contributed by atoms with Crippen molar-refractivity contribution in [2.75, 3.05) is 6.54 Å². The Hall–Kier alpha value is -2.63. The monoisotopic (exact) mass is 368 g/mol. The lowest BCUT2D eigenvalue weighted by Gasteiger charge is -2.33. The van der Waals surface area contributed by atoms with Gasteiger partial charge in [-0.25, -0.2) is 4.98 Å². The second-order valence-electron chi connectivity index (χ2n) is 7.45. The molecule has 2 unspecified atom stereocenters. The van der Waals surface area contributed by atoms with Crippen LogP contribution in [0.2, 0.25) is 0 Å². The Morgan fingerprint density at radius 2 is 2.07 bits per heavy atom. The number of piperidine rings is 1. The highest BCUT2D eigenvalue weighted by molar-refractivity contribution is 5.92. The van der Waals surface area contributed by atoms with Gasteiger partial charge >= 0.3 is 0 Å². The van der Waals surface area contributed by atoms with E-state index in [2.05, 4.69) is 18.8 Å². The minimum absolute atomic E-state index is 0.102. The first kappa shape index (κ1) is 19.1. The summed E-state index contributed by atoms with van der Waals surface area (Å²) in [4.78, 5) is 31.7. The molecule has 1 aliphatic heterocycles. The Labute approximate surface area is 160 Å². The molecule has 0 radical (unpaired) electrons. The van der Waals surface area contributed by atoms with Crippen molar-refractivity contribution in [1.82, 2.24) is 19.8 Å². The Kier molecular flexibility index (Phi) is 5.63. The van der Waals surface area contributed by atoms with Gasteiger partial charge in [0.2, 0.25) is 11.8 Å². The summed E-state index contributed by atoms with van der Waals surface area (Å²) in [5, 5.41) is 2.91. The molecule has 1 fully saturated rings. The number of aromatic nitrogens is 2. The standard InChI is InChI=1S/C21H28N4O2/c1-14(2)21(27)22-16(4)20-23-17-10-5-6-11-18(17)25(20)13-19(26)24-12-8-7-9-15(24)3/h5-6,10-11,15-16H,1,7-9,12-13H2,2-4H3,(H,22,27). The van der Waals surface area contributed by atoms with E-state index >= 15 is 0 Å². The average Bonchev–Trinajstić information content (AvgIpc) is 3.00. The van der Waals surface area contributed by atoms with E-state index in [0.29, 0.717) is 11.4 Å². The fourth-order valence-corrected chi connectivity index (χ4v) is 3.67. The van der Waals surface area contributed by atoms with E-state index in [1.54, 1.807) is 6.92 Å². The summed E-state index contributed by atoms with van der Waals surface area (Å²) in [6, 6.07) is 7.70. The number of para-hydroxylation sites is 2. The summed E-state index contributed by atoms with van der Waals surface area (Å²) in [5.41, 5.74) is 2.17. The first-order valence-electron chi connectivity index (χ1n) is 9.59. The molecule has 6 nitrogen and oxygen atoms in total. The summed E-state index contributed by atoms with van der Waals surface area (Å²) in [7, 11) is 0. The first-order valence-corrected chi connectivity index (χ1v) is 9.59. The predicted molar refractivity (Wildman–Crippen MR) is 106 cm³/mol. The maximum atomic E-state index is 13.0. The summed E-state index contributed by atoms with van der Waals surface area (Å²) < 4.78 is 1.93. The van der Waals surface area contributed by atoms with Crippen molar-refractivity contribution in [2.24, 2.45) is 0 Å². The normalized spacial score (nSPS) is 18.3. The van der Waals surface area contributed by atoms with Gasteiger partial charge in [0.1, 0.15) is 12.4 Å². The Morgan fingerprint density at radius 3 is 2.78 bits per heavy atom. The van der Waals surface area contributed by atoms with E-state index in [4.69, 9.17) is 4.98 Å². The molecule has 1 N–H and O–H groups in total. The van der Waals surface area contributed by atoms with Crippen molar-refractivity contribution >= 4 is 22.8 Å². The zero-order valence-corrected chi connectivity index (χ0v) is 16.4. The molecule has 144 valence electrons. The van der Waals surface area contributed by atoms with Crippen LogP contribution < -0.4 is 5.32 Å². The third-order valence-corrected chi connectivity index (χ3v) is 5.22. The van der Waals surface area contributed by atoms with Crippen LogP contribution in [-0.4, -0.2) is 38.9 Å². The number of nitrogens with one attached hydrogen (secondary N) is 1. The largest absolute Gasteiger partial charge is 0.343 e. The highest BCUT2D eigenvalue weighted by Crippen LogP contribution is 2.23.